The minimum atomic E-state index is -0.706. The number of carbonyl (C=O) groups excluding carboxylic acids is 1. The Balaban J connectivity index is 1.63. The number of allylic oxidation sites excluding steroid dienone is 1. The average Bonchev–Trinajstić information content (AvgIpc) is 3.27. The SMILES string of the molecule is C=C/C=N\c1c(C(=O)NC(C)c2nc3cccc(C#Cc4ccncc4)c3c(=O)n2-c2ccccc2)c(N)nn1C. The summed E-state index contributed by atoms with van der Waals surface area (Å²) < 4.78 is 2.91. The molecule has 0 aliphatic carbocycles. The molecule has 10 heteroatoms. The summed E-state index contributed by atoms with van der Waals surface area (Å²) in [5.41, 5.74) is 8.22. The maximum atomic E-state index is 14.1. The molecule has 3 N–H and O–H groups in total. The second-order valence-corrected chi connectivity index (χ2v) is 9.05. The summed E-state index contributed by atoms with van der Waals surface area (Å²) in [4.78, 5) is 40.7. The number of para-hydroxylation sites is 1. The van der Waals surface area contributed by atoms with Crippen molar-refractivity contribution in [2.75, 3.05) is 5.73 Å². The van der Waals surface area contributed by atoms with Gasteiger partial charge in [-0.25, -0.2) is 14.7 Å². The van der Waals surface area contributed by atoms with E-state index in [1.165, 1.54) is 21.5 Å². The van der Waals surface area contributed by atoms with E-state index in [4.69, 9.17) is 10.7 Å². The number of aliphatic imine (C=N–C) groups is 1. The third kappa shape index (κ3) is 5.37. The molecule has 202 valence electrons. The van der Waals surface area contributed by atoms with Crippen molar-refractivity contribution in [2.24, 2.45) is 12.0 Å². The summed E-state index contributed by atoms with van der Waals surface area (Å²) in [6.45, 7) is 5.36. The molecule has 10 nitrogen and oxygen atoms in total. The minimum Gasteiger partial charge on any atom is -0.381 e. The lowest BCUT2D eigenvalue weighted by atomic mass is 10.1. The van der Waals surface area contributed by atoms with Crippen molar-refractivity contribution in [3.8, 4) is 17.5 Å². The molecule has 0 spiro atoms. The molecule has 5 rings (SSSR count). The average molecular weight is 543 g/mol. The number of hydrogen-bond acceptors (Lipinski definition) is 7. The Morgan fingerprint density at radius 1 is 1.10 bits per heavy atom. The first-order valence-electron chi connectivity index (χ1n) is 12.7. The monoisotopic (exact) mass is 542 g/mol. The zero-order valence-electron chi connectivity index (χ0n) is 22.4. The number of fused-ring (bicyclic) bond motifs is 1. The smallest absolute Gasteiger partial charge is 0.267 e. The van der Waals surface area contributed by atoms with E-state index in [1.54, 1.807) is 68.8 Å². The third-order valence-corrected chi connectivity index (χ3v) is 6.27. The number of pyridine rings is 1. The van der Waals surface area contributed by atoms with Crippen molar-refractivity contribution in [2.45, 2.75) is 13.0 Å². The fourth-order valence-electron chi connectivity index (χ4n) is 4.40. The molecule has 0 saturated carbocycles. The summed E-state index contributed by atoms with van der Waals surface area (Å²) in [5.74, 6) is 6.33. The van der Waals surface area contributed by atoms with E-state index in [9.17, 15) is 9.59 Å². The van der Waals surface area contributed by atoms with Gasteiger partial charge in [0.2, 0.25) is 0 Å². The molecule has 5 aromatic rings. The Hall–Kier alpha value is -5.82. The lowest BCUT2D eigenvalue weighted by Crippen LogP contribution is -2.33. The number of nitrogens with two attached hydrogens (primary N) is 1. The fourth-order valence-corrected chi connectivity index (χ4v) is 4.40. The van der Waals surface area contributed by atoms with Crippen molar-refractivity contribution >= 4 is 34.7 Å². The van der Waals surface area contributed by atoms with Gasteiger partial charge in [0.25, 0.3) is 11.5 Å². The molecule has 3 heterocycles. The third-order valence-electron chi connectivity index (χ3n) is 6.27. The Bertz CT molecular complexity index is 1910. The first-order valence-corrected chi connectivity index (χ1v) is 12.7. The number of aromatic nitrogens is 5. The molecule has 2 aromatic carbocycles. The van der Waals surface area contributed by atoms with E-state index < -0.39 is 11.9 Å². The topological polar surface area (TPSA) is 133 Å². The predicted octanol–water partition coefficient (Wildman–Crippen LogP) is 3.88. The molecule has 1 atom stereocenters. The molecule has 0 bridgehead atoms. The molecular weight excluding hydrogens is 516 g/mol. The van der Waals surface area contributed by atoms with Gasteiger partial charge in [0.1, 0.15) is 11.4 Å². The van der Waals surface area contributed by atoms with Crippen LogP contribution in [0.25, 0.3) is 16.6 Å². The molecule has 1 unspecified atom stereocenters. The van der Waals surface area contributed by atoms with Crippen molar-refractivity contribution in [1.82, 2.24) is 29.6 Å². The van der Waals surface area contributed by atoms with Crippen molar-refractivity contribution < 1.29 is 4.79 Å². The van der Waals surface area contributed by atoms with E-state index in [0.717, 1.165) is 5.56 Å². The summed E-state index contributed by atoms with van der Waals surface area (Å²) in [6, 6.07) is 17.3. The zero-order valence-corrected chi connectivity index (χ0v) is 22.4. The van der Waals surface area contributed by atoms with Gasteiger partial charge in [0.15, 0.2) is 11.6 Å². The van der Waals surface area contributed by atoms with Crippen LogP contribution in [0.15, 0.2) is 95.5 Å². The number of benzene rings is 2. The highest BCUT2D eigenvalue weighted by atomic mass is 16.2. The van der Waals surface area contributed by atoms with Crippen LogP contribution in [-0.2, 0) is 7.05 Å². The van der Waals surface area contributed by atoms with Gasteiger partial charge in [-0.2, -0.15) is 5.10 Å². The summed E-state index contributed by atoms with van der Waals surface area (Å²) in [5, 5.41) is 7.42. The van der Waals surface area contributed by atoms with Gasteiger partial charge in [0.05, 0.1) is 22.6 Å². The van der Waals surface area contributed by atoms with E-state index in [-0.39, 0.29) is 22.8 Å². The van der Waals surface area contributed by atoms with Crippen LogP contribution in [0.2, 0.25) is 0 Å². The highest BCUT2D eigenvalue weighted by Gasteiger charge is 2.25. The zero-order chi connectivity index (χ0) is 28.9. The summed E-state index contributed by atoms with van der Waals surface area (Å²) in [7, 11) is 1.64. The number of anilines is 1. The first kappa shape index (κ1) is 26.8. The number of rotatable bonds is 6. The lowest BCUT2D eigenvalue weighted by Gasteiger charge is -2.20. The molecule has 0 fully saturated rings. The summed E-state index contributed by atoms with van der Waals surface area (Å²) in [6.07, 6.45) is 6.25. The second kappa shape index (κ2) is 11.5. The minimum absolute atomic E-state index is 0.0257. The van der Waals surface area contributed by atoms with E-state index in [0.29, 0.717) is 28.0 Å². The first-order chi connectivity index (χ1) is 19.9. The number of hydrogen-bond donors (Lipinski definition) is 2. The maximum absolute atomic E-state index is 14.1. The molecule has 1 amide bonds. The predicted molar refractivity (Wildman–Crippen MR) is 159 cm³/mol. The van der Waals surface area contributed by atoms with Crippen LogP contribution in [0.4, 0.5) is 11.6 Å². The van der Waals surface area contributed by atoms with Gasteiger partial charge in [-0.1, -0.05) is 48.8 Å². The standard InChI is InChI=1S/C31H26N8O2/c1-4-17-34-29-26(27(32)37-38(29)3)30(40)35-20(2)28-36-24-12-8-9-22(14-13-21-15-18-33-19-16-21)25(24)31(41)39(28)23-10-6-5-7-11-23/h4-12,15-20H,1H2,2-3H3,(H2,32,37)(H,35,40)/b34-17-. The molecule has 0 radical (unpaired) electrons. The highest BCUT2D eigenvalue weighted by Crippen LogP contribution is 2.26. The van der Waals surface area contributed by atoms with Crippen LogP contribution in [0.3, 0.4) is 0 Å². The van der Waals surface area contributed by atoms with Crippen LogP contribution >= 0.6 is 0 Å². The largest absolute Gasteiger partial charge is 0.381 e. The van der Waals surface area contributed by atoms with Gasteiger partial charge in [0, 0.05) is 36.8 Å². The Morgan fingerprint density at radius 2 is 1.85 bits per heavy atom. The molecule has 3 aromatic heterocycles. The fraction of sp³-hybridized carbons (Fsp3) is 0.0968. The second-order valence-electron chi connectivity index (χ2n) is 9.05. The molecule has 0 saturated heterocycles. The molecule has 0 aliphatic rings. The number of amides is 1. The number of aryl methyl sites for hydroxylation is 1. The summed E-state index contributed by atoms with van der Waals surface area (Å²) >= 11 is 0. The van der Waals surface area contributed by atoms with Gasteiger partial charge in [-0.05, 0) is 43.3 Å². The number of nitrogens with one attached hydrogen (secondary N) is 1. The normalized spacial score (nSPS) is 11.7. The quantitative estimate of drug-likeness (QED) is 0.247. The van der Waals surface area contributed by atoms with Gasteiger partial charge in [-0.15, -0.1) is 0 Å². The highest BCUT2D eigenvalue weighted by molar-refractivity contribution is 6.03. The van der Waals surface area contributed by atoms with Gasteiger partial charge in [-0.3, -0.25) is 19.1 Å². The van der Waals surface area contributed by atoms with E-state index in [1.807, 2.05) is 18.2 Å². The molecular formula is C31H26N8O2. The lowest BCUT2D eigenvalue weighted by molar-refractivity contribution is 0.0939. The number of nitrogens with zero attached hydrogens (tertiary/aromatic N) is 6. The van der Waals surface area contributed by atoms with Gasteiger partial charge < -0.3 is 11.1 Å². The molecule has 0 aliphatic heterocycles. The van der Waals surface area contributed by atoms with Crippen molar-refractivity contribution in [3.63, 3.8) is 0 Å². The van der Waals surface area contributed by atoms with E-state index in [2.05, 4.69) is 38.8 Å². The van der Waals surface area contributed by atoms with Crippen LogP contribution < -0.4 is 16.6 Å². The van der Waals surface area contributed by atoms with E-state index >= 15 is 0 Å². The van der Waals surface area contributed by atoms with Crippen LogP contribution in [0, 0.1) is 11.8 Å². The number of nitrogen functional groups attached to an aromatic ring is 1. The van der Waals surface area contributed by atoms with Crippen LogP contribution in [0.1, 0.15) is 40.3 Å². The Morgan fingerprint density at radius 3 is 2.59 bits per heavy atom. The Kier molecular flexibility index (Phi) is 7.52. The Labute approximate surface area is 235 Å². The van der Waals surface area contributed by atoms with Crippen molar-refractivity contribution in [3.05, 3.63) is 119 Å². The maximum Gasteiger partial charge on any atom is 0.267 e. The van der Waals surface area contributed by atoms with Gasteiger partial charge >= 0.3 is 0 Å². The molecule has 41 heavy (non-hydrogen) atoms. The van der Waals surface area contributed by atoms with Crippen molar-refractivity contribution in [1.29, 1.82) is 0 Å². The van der Waals surface area contributed by atoms with Crippen LogP contribution in [0.5, 0.6) is 0 Å². The van der Waals surface area contributed by atoms with Crippen LogP contribution in [-0.4, -0.2) is 36.4 Å². The number of carbonyl (C=O) groups is 1.